The van der Waals surface area contributed by atoms with E-state index in [2.05, 4.69) is 14.2 Å². The molecule has 1 atom stereocenters. The molecule has 0 bridgehead atoms. The van der Waals surface area contributed by atoms with Gasteiger partial charge in [-0.2, -0.15) is 8.75 Å². The van der Waals surface area contributed by atoms with Crippen LogP contribution < -0.4 is 11.3 Å². The van der Waals surface area contributed by atoms with Gasteiger partial charge in [0.2, 0.25) is 0 Å². The Morgan fingerprint density at radius 1 is 1.67 bits per heavy atom. The molecule has 1 unspecified atom stereocenters. The first-order valence-corrected chi connectivity index (χ1v) is 4.88. The van der Waals surface area contributed by atoms with Crippen molar-refractivity contribution in [2.45, 2.75) is 25.3 Å². The fourth-order valence-corrected chi connectivity index (χ4v) is 2.00. The van der Waals surface area contributed by atoms with Gasteiger partial charge in [-0.3, -0.25) is 11.3 Å². The lowest BCUT2D eigenvalue weighted by Crippen LogP contribution is -2.36. The molecule has 1 aromatic rings. The summed E-state index contributed by atoms with van der Waals surface area (Å²) in [6.45, 7) is 0. The quantitative estimate of drug-likeness (QED) is 0.540. The average Bonchev–Trinajstić information content (AvgIpc) is 2.47. The van der Waals surface area contributed by atoms with Crippen molar-refractivity contribution in [2.24, 2.45) is 11.8 Å². The number of rotatable bonds is 3. The SMILES string of the molecule is NNC(c1cnsn1)C1CCC1. The molecular formula is C7H12N4S. The number of hydrogen-bond acceptors (Lipinski definition) is 5. The summed E-state index contributed by atoms with van der Waals surface area (Å²) >= 11 is 1.24. The van der Waals surface area contributed by atoms with Crippen LogP contribution in [-0.4, -0.2) is 8.75 Å². The summed E-state index contributed by atoms with van der Waals surface area (Å²) in [6.07, 6.45) is 5.63. The van der Waals surface area contributed by atoms with Crippen molar-refractivity contribution in [3.05, 3.63) is 11.9 Å². The van der Waals surface area contributed by atoms with E-state index in [9.17, 15) is 0 Å². The minimum Gasteiger partial charge on any atom is -0.271 e. The molecule has 0 spiro atoms. The Morgan fingerprint density at radius 3 is 2.92 bits per heavy atom. The van der Waals surface area contributed by atoms with Crippen molar-refractivity contribution < 1.29 is 0 Å². The summed E-state index contributed by atoms with van der Waals surface area (Å²) in [4.78, 5) is 0. The van der Waals surface area contributed by atoms with Crippen LogP contribution in [0.15, 0.2) is 6.20 Å². The largest absolute Gasteiger partial charge is 0.271 e. The number of nitrogens with zero attached hydrogens (tertiary/aromatic N) is 2. The highest BCUT2D eigenvalue weighted by Crippen LogP contribution is 2.36. The summed E-state index contributed by atoms with van der Waals surface area (Å²) in [6, 6.07) is 0.220. The van der Waals surface area contributed by atoms with Crippen LogP contribution in [0.1, 0.15) is 31.0 Å². The van der Waals surface area contributed by atoms with E-state index in [0.717, 1.165) is 5.69 Å². The molecule has 2 rings (SSSR count). The Labute approximate surface area is 75.5 Å². The van der Waals surface area contributed by atoms with Crippen LogP contribution in [0, 0.1) is 5.92 Å². The standard InChI is InChI=1S/C7H12N4S/c8-10-7(5-2-1-3-5)6-4-9-12-11-6/h4-5,7,10H,1-3,8H2. The molecule has 0 saturated heterocycles. The molecule has 4 nitrogen and oxygen atoms in total. The van der Waals surface area contributed by atoms with E-state index in [1.807, 2.05) is 0 Å². The van der Waals surface area contributed by atoms with Crippen molar-refractivity contribution in [3.8, 4) is 0 Å². The van der Waals surface area contributed by atoms with Crippen molar-refractivity contribution in [2.75, 3.05) is 0 Å². The Kier molecular flexibility index (Phi) is 2.34. The van der Waals surface area contributed by atoms with Gasteiger partial charge in [-0.1, -0.05) is 6.42 Å². The third kappa shape index (κ3) is 1.35. The minimum absolute atomic E-state index is 0.220. The van der Waals surface area contributed by atoms with Crippen molar-refractivity contribution in [1.82, 2.24) is 14.2 Å². The van der Waals surface area contributed by atoms with Gasteiger partial charge < -0.3 is 0 Å². The van der Waals surface area contributed by atoms with Gasteiger partial charge in [0.1, 0.15) is 0 Å². The summed E-state index contributed by atoms with van der Waals surface area (Å²) in [7, 11) is 0. The molecule has 12 heavy (non-hydrogen) atoms. The molecule has 1 aromatic heterocycles. The van der Waals surface area contributed by atoms with Gasteiger partial charge in [0.05, 0.1) is 29.7 Å². The van der Waals surface area contributed by atoms with Gasteiger partial charge in [0, 0.05) is 0 Å². The zero-order valence-electron chi connectivity index (χ0n) is 6.73. The molecule has 1 fully saturated rings. The van der Waals surface area contributed by atoms with Crippen LogP contribution in [0.5, 0.6) is 0 Å². The molecule has 66 valence electrons. The van der Waals surface area contributed by atoms with E-state index < -0.39 is 0 Å². The first-order chi connectivity index (χ1) is 5.92. The Bertz CT molecular complexity index is 232. The van der Waals surface area contributed by atoms with Crippen LogP contribution in [0.2, 0.25) is 0 Å². The molecular weight excluding hydrogens is 172 g/mol. The lowest BCUT2D eigenvalue weighted by molar-refractivity contribution is 0.229. The van der Waals surface area contributed by atoms with Crippen molar-refractivity contribution in [1.29, 1.82) is 0 Å². The van der Waals surface area contributed by atoms with E-state index in [4.69, 9.17) is 5.84 Å². The first kappa shape index (κ1) is 8.10. The van der Waals surface area contributed by atoms with E-state index in [0.29, 0.717) is 5.92 Å². The lowest BCUT2D eigenvalue weighted by Gasteiger charge is -2.31. The van der Waals surface area contributed by atoms with E-state index in [-0.39, 0.29) is 6.04 Å². The van der Waals surface area contributed by atoms with Crippen LogP contribution in [-0.2, 0) is 0 Å². The predicted octanol–water partition coefficient (Wildman–Crippen LogP) is 0.843. The van der Waals surface area contributed by atoms with Gasteiger partial charge in [-0.15, -0.1) is 0 Å². The van der Waals surface area contributed by atoms with Crippen LogP contribution in [0.25, 0.3) is 0 Å². The molecule has 0 radical (unpaired) electrons. The monoisotopic (exact) mass is 184 g/mol. The van der Waals surface area contributed by atoms with Crippen LogP contribution >= 0.6 is 11.7 Å². The zero-order chi connectivity index (χ0) is 8.39. The first-order valence-electron chi connectivity index (χ1n) is 4.15. The summed E-state index contributed by atoms with van der Waals surface area (Å²) < 4.78 is 8.15. The Balaban J connectivity index is 2.07. The maximum atomic E-state index is 5.46. The number of nitrogens with two attached hydrogens (primary N) is 1. The topological polar surface area (TPSA) is 63.8 Å². The molecule has 0 amide bonds. The Morgan fingerprint density at radius 2 is 2.50 bits per heavy atom. The molecule has 5 heteroatoms. The zero-order valence-corrected chi connectivity index (χ0v) is 7.55. The van der Waals surface area contributed by atoms with Crippen molar-refractivity contribution in [3.63, 3.8) is 0 Å². The lowest BCUT2D eigenvalue weighted by atomic mass is 9.79. The highest BCUT2D eigenvalue weighted by molar-refractivity contribution is 6.99. The summed E-state index contributed by atoms with van der Waals surface area (Å²) in [5.41, 5.74) is 3.80. The second-order valence-electron chi connectivity index (χ2n) is 3.17. The molecule has 1 aliphatic carbocycles. The smallest absolute Gasteiger partial charge is 0.0928 e. The maximum absolute atomic E-state index is 5.46. The Hall–Kier alpha value is -0.520. The van der Waals surface area contributed by atoms with Gasteiger partial charge in [0.25, 0.3) is 0 Å². The van der Waals surface area contributed by atoms with E-state index >= 15 is 0 Å². The number of nitrogens with one attached hydrogen (secondary N) is 1. The second kappa shape index (κ2) is 3.47. The van der Waals surface area contributed by atoms with E-state index in [1.165, 1.54) is 31.0 Å². The van der Waals surface area contributed by atoms with Gasteiger partial charge >= 0.3 is 0 Å². The second-order valence-corrected chi connectivity index (χ2v) is 3.72. The normalized spacial score (nSPS) is 20.4. The highest BCUT2D eigenvalue weighted by Gasteiger charge is 2.28. The molecule has 1 saturated carbocycles. The van der Waals surface area contributed by atoms with E-state index in [1.54, 1.807) is 6.20 Å². The molecule has 0 aromatic carbocycles. The number of hydrazine groups is 1. The third-order valence-electron chi connectivity index (χ3n) is 2.50. The molecule has 0 aliphatic heterocycles. The fraction of sp³-hybridized carbons (Fsp3) is 0.714. The number of hydrogen-bond donors (Lipinski definition) is 2. The summed E-state index contributed by atoms with van der Waals surface area (Å²) in [5, 5.41) is 0. The third-order valence-corrected chi connectivity index (χ3v) is 2.99. The molecule has 1 heterocycles. The number of aromatic nitrogens is 2. The molecule has 1 aliphatic rings. The van der Waals surface area contributed by atoms with Gasteiger partial charge in [-0.05, 0) is 18.8 Å². The van der Waals surface area contributed by atoms with Crippen LogP contribution in [0.4, 0.5) is 0 Å². The summed E-state index contributed by atoms with van der Waals surface area (Å²) in [5.74, 6) is 6.13. The predicted molar refractivity (Wildman–Crippen MR) is 47.3 cm³/mol. The van der Waals surface area contributed by atoms with Gasteiger partial charge in [0.15, 0.2) is 0 Å². The maximum Gasteiger partial charge on any atom is 0.0928 e. The highest BCUT2D eigenvalue weighted by atomic mass is 32.1. The van der Waals surface area contributed by atoms with Crippen molar-refractivity contribution >= 4 is 11.7 Å². The minimum atomic E-state index is 0.220. The fourth-order valence-electron chi connectivity index (χ4n) is 1.55. The van der Waals surface area contributed by atoms with Gasteiger partial charge in [-0.25, -0.2) is 0 Å². The average molecular weight is 184 g/mol. The van der Waals surface area contributed by atoms with Crippen LogP contribution in [0.3, 0.4) is 0 Å². The molecule has 3 N–H and O–H groups in total.